The summed E-state index contributed by atoms with van der Waals surface area (Å²) in [5.41, 5.74) is -0.767. The van der Waals surface area contributed by atoms with E-state index in [1.807, 2.05) is 0 Å². The van der Waals surface area contributed by atoms with Gasteiger partial charge in [0.05, 0.1) is 12.1 Å². The van der Waals surface area contributed by atoms with Gasteiger partial charge in [-0.05, 0) is 48.0 Å². The van der Waals surface area contributed by atoms with Crippen LogP contribution in [0.5, 0.6) is 0 Å². The van der Waals surface area contributed by atoms with Crippen LogP contribution in [0, 0.1) is 5.82 Å². The Balaban J connectivity index is 1.55. The molecule has 2 heterocycles. The number of fused-ring (bicyclic) bond motifs is 1. The monoisotopic (exact) mass is 430 g/mol. The molecular weight excluding hydrogens is 416 g/mol. The maximum atomic E-state index is 13.4. The average Bonchev–Trinajstić information content (AvgIpc) is 3.03. The molecule has 4 rings (SSSR count). The Kier molecular flexibility index (Phi) is 5.05. The summed E-state index contributed by atoms with van der Waals surface area (Å²) >= 11 is 0. The first-order chi connectivity index (χ1) is 14.7. The second kappa shape index (κ2) is 7.71. The minimum absolute atomic E-state index is 0.124. The van der Waals surface area contributed by atoms with Gasteiger partial charge in [-0.15, -0.1) is 5.10 Å². The molecule has 0 saturated heterocycles. The Morgan fingerprint density at radius 1 is 1.03 bits per heavy atom. The van der Waals surface area contributed by atoms with Gasteiger partial charge in [0, 0.05) is 17.4 Å². The molecule has 0 fully saturated rings. The van der Waals surface area contributed by atoms with E-state index >= 15 is 0 Å². The largest absolute Gasteiger partial charge is 0.419 e. The van der Waals surface area contributed by atoms with Crippen LogP contribution in [0.2, 0.25) is 0 Å². The van der Waals surface area contributed by atoms with Crippen LogP contribution in [0.3, 0.4) is 0 Å². The summed E-state index contributed by atoms with van der Waals surface area (Å²) in [7, 11) is 0. The van der Waals surface area contributed by atoms with Gasteiger partial charge in [-0.2, -0.15) is 13.2 Å². The third kappa shape index (κ3) is 4.18. The SMILES string of the molecule is O=C(Nc1cccc(Cn2nc3ccccn3c2=O)c1)c1ccc(F)c(C(F)(F)F)c1. The van der Waals surface area contributed by atoms with E-state index in [0.29, 0.717) is 29.0 Å². The molecule has 1 N–H and O–H groups in total. The number of nitrogens with zero attached hydrogens (tertiary/aromatic N) is 3. The Bertz CT molecular complexity index is 1340. The Morgan fingerprint density at radius 3 is 2.58 bits per heavy atom. The van der Waals surface area contributed by atoms with Gasteiger partial charge in [0.25, 0.3) is 5.91 Å². The zero-order valence-electron chi connectivity index (χ0n) is 15.7. The molecule has 1 amide bonds. The van der Waals surface area contributed by atoms with E-state index in [4.69, 9.17) is 0 Å². The fourth-order valence-corrected chi connectivity index (χ4v) is 3.08. The second-order valence-electron chi connectivity index (χ2n) is 6.72. The normalized spacial score (nSPS) is 11.6. The van der Waals surface area contributed by atoms with Crippen LogP contribution in [0.25, 0.3) is 5.65 Å². The van der Waals surface area contributed by atoms with Crippen LogP contribution in [-0.4, -0.2) is 20.1 Å². The van der Waals surface area contributed by atoms with Crippen LogP contribution in [0.4, 0.5) is 23.2 Å². The molecule has 0 saturated carbocycles. The molecular formula is C21H14F4N4O2. The fourth-order valence-electron chi connectivity index (χ4n) is 3.08. The number of carbonyl (C=O) groups excluding carboxylic acids is 1. The maximum Gasteiger partial charge on any atom is 0.419 e. The van der Waals surface area contributed by atoms with Gasteiger partial charge in [0.15, 0.2) is 5.65 Å². The number of nitrogens with one attached hydrogen (secondary N) is 1. The first-order valence-corrected chi connectivity index (χ1v) is 9.03. The molecule has 4 aromatic rings. The zero-order chi connectivity index (χ0) is 22.2. The highest BCUT2D eigenvalue weighted by Gasteiger charge is 2.34. The molecule has 31 heavy (non-hydrogen) atoms. The van der Waals surface area contributed by atoms with E-state index in [0.717, 1.165) is 6.07 Å². The molecule has 0 spiro atoms. The van der Waals surface area contributed by atoms with E-state index in [1.54, 1.807) is 48.7 Å². The van der Waals surface area contributed by atoms with E-state index in [9.17, 15) is 27.2 Å². The number of hydrogen-bond acceptors (Lipinski definition) is 3. The molecule has 158 valence electrons. The summed E-state index contributed by atoms with van der Waals surface area (Å²) in [6, 6.07) is 13.6. The van der Waals surface area contributed by atoms with Crippen molar-refractivity contribution in [2.45, 2.75) is 12.7 Å². The lowest BCUT2D eigenvalue weighted by molar-refractivity contribution is -0.140. The van der Waals surface area contributed by atoms with E-state index in [1.165, 1.54) is 9.08 Å². The fraction of sp³-hybridized carbons (Fsp3) is 0.0952. The van der Waals surface area contributed by atoms with Crippen molar-refractivity contribution in [2.24, 2.45) is 0 Å². The third-order valence-electron chi connectivity index (χ3n) is 4.54. The lowest BCUT2D eigenvalue weighted by Gasteiger charge is -2.11. The van der Waals surface area contributed by atoms with Crippen molar-refractivity contribution >= 4 is 17.2 Å². The molecule has 2 aromatic carbocycles. The minimum atomic E-state index is -4.92. The molecule has 2 aromatic heterocycles. The van der Waals surface area contributed by atoms with Gasteiger partial charge in [0.2, 0.25) is 0 Å². The number of anilines is 1. The van der Waals surface area contributed by atoms with Crippen molar-refractivity contribution in [1.82, 2.24) is 14.2 Å². The van der Waals surface area contributed by atoms with Gasteiger partial charge in [-0.1, -0.05) is 18.2 Å². The lowest BCUT2D eigenvalue weighted by atomic mass is 10.1. The van der Waals surface area contributed by atoms with E-state index in [2.05, 4.69) is 10.4 Å². The standard InChI is InChI=1S/C21H14F4N4O2/c22-17-8-7-14(11-16(17)21(23,24)25)19(30)26-15-5-3-4-13(10-15)12-29-20(31)28-9-2-1-6-18(28)27-29/h1-11H,12H2,(H,26,30). The second-order valence-corrected chi connectivity index (χ2v) is 6.72. The highest BCUT2D eigenvalue weighted by molar-refractivity contribution is 6.04. The van der Waals surface area contributed by atoms with Crippen molar-refractivity contribution in [2.75, 3.05) is 5.32 Å². The maximum absolute atomic E-state index is 13.4. The summed E-state index contributed by atoms with van der Waals surface area (Å²) in [5.74, 6) is -2.28. The predicted molar refractivity (Wildman–Crippen MR) is 104 cm³/mol. The number of alkyl halides is 3. The number of halogens is 4. The number of hydrogen-bond donors (Lipinski definition) is 1. The molecule has 0 aliphatic rings. The molecule has 10 heteroatoms. The quantitative estimate of drug-likeness (QED) is 0.499. The summed E-state index contributed by atoms with van der Waals surface area (Å²) in [5, 5.41) is 6.71. The number of rotatable bonds is 4. The predicted octanol–water partition coefficient (Wildman–Crippen LogP) is 3.95. The van der Waals surface area contributed by atoms with Crippen LogP contribution in [0.15, 0.2) is 71.7 Å². The van der Waals surface area contributed by atoms with Crippen LogP contribution >= 0.6 is 0 Å². The third-order valence-corrected chi connectivity index (χ3v) is 4.54. The van der Waals surface area contributed by atoms with Crippen molar-refractivity contribution in [3.8, 4) is 0 Å². The number of amides is 1. The van der Waals surface area contributed by atoms with Crippen molar-refractivity contribution < 1.29 is 22.4 Å². The lowest BCUT2D eigenvalue weighted by Crippen LogP contribution is -2.21. The molecule has 0 atom stereocenters. The minimum Gasteiger partial charge on any atom is -0.322 e. The Morgan fingerprint density at radius 2 is 1.84 bits per heavy atom. The molecule has 0 unspecified atom stereocenters. The number of aromatic nitrogens is 3. The summed E-state index contributed by atoms with van der Waals surface area (Å²) in [4.78, 5) is 24.8. The molecule has 6 nitrogen and oxygen atoms in total. The molecule has 0 bridgehead atoms. The van der Waals surface area contributed by atoms with Crippen molar-refractivity contribution in [3.63, 3.8) is 0 Å². The summed E-state index contributed by atoms with van der Waals surface area (Å²) in [6.45, 7) is 0.124. The Labute approximate surface area is 172 Å². The highest BCUT2D eigenvalue weighted by Crippen LogP contribution is 2.32. The molecule has 0 radical (unpaired) electrons. The molecule has 0 aliphatic carbocycles. The van der Waals surface area contributed by atoms with Crippen LogP contribution in [-0.2, 0) is 12.7 Å². The Hall–Kier alpha value is -3.95. The van der Waals surface area contributed by atoms with E-state index < -0.39 is 23.5 Å². The average molecular weight is 430 g/mol. The number of benzene rings is 2. The van der Waals surface area contributed by atoms with Crippen LogP contribution in [0.1, 0.15) is 21.5 Å². The first-order valence-electron chi connectivity index (χ1n) is 9.03. The number of pyridine rings is 1. The summed E-state index contributed by atoms with van der Waals surface area (Å²) in [6.07, 6.45) is -3.32. The van der Waals surface area contributed by atoms with Crippen LogP contribution < -0.4 is 11.0 Å². The summed E-state index contributed by atoms with van der Waals surface area (Å²) < 4.78 is 54.7. The van der Waals surface area contributed by atoms with Gasteiger partial charge < -0.3 is 5.32 Å². The first kappa shape index (κ1) is 20.3. The molecule has 0 aliphatic heterocycles. The van der Waals surface area contributed by atoms with Crippen molar-refractivity contribution in [3.05, 3.63) is 99.9 Å². The van der Waals surface area contributed by atoms with Gasteiger partial charge in [0.1, 0.15) is 5.82 Å². The van der Waals surface area contributed by atoms with Gasteiger partial charge >= 0.3 is 11.9 Å². The van der Waals surface area contributed by atoms with Crippen molar-refractivity contribution in [1.29, 1.82) is 0 Å². The zero-order valence-corrected chi connectivity index (χ0v) is 15.7. The van der Waals surface area contributed by atoms with E-state index in [-0.39, 0.29) is 17.8 Å². The highest BCUT2D eigenvalue weighted by atomic mass is 19.4. The number of carbonyl (C=O) groups is 1. The van der Waals surface area contributed by atoms with Gasteiger partial charge in [-0.25, -0.2) is 13.9 Å². The van der Waals surface area contributed by atoms with Gasteiger partial charge in [-0.3, -0.25) is 9.20 Å². The topological polar surface area (TPSA) is 68.4 Å². The smallest absolute Gasteiger partial charge is 0.322 e.